The third kappa shape index (κ3) is 19.5. The molecule has 1 atom stereocenters. The topological polar surface area (TPSA) is 252 Å². The highest BCUT2D eigenvalue weighted by atomic mass is 16.6. The second-order valence-corrected chi connectivity index (χ2v) is 12.2. The van der Waals surface area contributed by atoms with Crippen molar-refractivity contribution in [1.29, 1.82) is 0 Å². The predicted molar refractivity (Wildman–Crippen MR) is 189 cm³/mol. The molecule has 2 rings (SSSR count). The Balaban J connectivity index is 1.69. The first-order valence-corrected chi connectivity index (χ1v) is 16.9. The molecular formula is C35H50N6O11. The van der Waals surface area contributed by atoms with Gasteiger partial charge in [0.15, 0.2) is 0 Å². The van der Waals surface area contributed by atoms with Gasteiger partial charge in [0.1, 0.15) is 0 Å². The zero-order chi connectivity index (χ0) is 38.3. The second-order valence-electron chi connectivity index (χ2n) is 12.2. The summed E-state index contributed by atoms with van der Waals surface area (Å²) in [6.45, 7) is -1.53. The van der Waals surface area contributed by atoms with Gasteiger partial charge in [0.25, 0.3) is 5.91 Å². The molecule has 0 aliphatic heterocycles. The van der Waals surface area contributed by atoms with Crippen LogP contribution in [0, 0.1) is 0 Å². The van der Waals surface area contributed by atoms with Crippen LogP contribution in [0.15, 0.2) is 54.6 Å². The summed E-state index contributed by atoms with van der Waals surface area (Å²) in [6, 6.07) is 17.0. The number of benzene rings is 2. The number of nitrogens with one attached hydrogen (secondary N) is 2. The van der Waals surface area contributed by atoms with E-state index in [1.807, 2.05) is 54.6 Å². The molecule has 2 aromatic carbocycles. The zero-order valence-corrected chi connectivity index (χ0v) is 29.2. The van der Waals surface area contributed by atoms with E-state index >= 15 is 0 Å². The van der Waals surface area contributed by atoms with Crippen LogP contribution in [0.1, 0.15) is 31.2 Å². The van der Waals surface area contributed by atoms with E-state index in [-0.39, 0.29) is 45.2 Å². The van der Waals surface area contributed by atoms with Crippen molar-refractivity contribution >= 4 is 35.7 Å². The van der Waals surface area contributed by atoms with Crippen molar-refractivity contribution in [3.05, 3.63) is 60.2 Å². The fraction of sp³-hybridized carbons (Fsp3) is 0.486. The molecule has 0 heterocycles. The van der Waals surface area contributed by atoms with Crippen LogP contribution < -0.4 is 16.5 Å². The van der Waals surface area contributed by atoms with Gasteiger partial charge in [-0.25, -0.2) is 5.48 Å². The number of rotatable bonds is 28. The first kappa shape index (κ1) is 43.2. The maximum atomic E-state index is 12.7. The van der Waals surface area contributed by atoms with Crippen LogP contribution in [0.2, 0.25) is 0 Å². The minimum atomic E-state index is -1.22. The minimum absolute atomic E-state index is 0.0127. The second kappa shape index (κ2) is 24.3. The summed E-state index contributed by atoms with van der Waals surface area (Å²) in [7, 11) is 0. The molecule has 2 amide bonds. The van der Waals surface area contributed by atoms with E-state index in [0.717, 1.165) is 29.5 Å². The number of hydroxylamine groups is 1. The Bertz CT molecular complexity index is 1360. The molecule has 0 radical (unpaired) electrons. The SMILES string of the molecule is N[C@H](Cc1ccc(-c2ccccc2)cc1)C(=O)NOCCCCCCNC(=O)CN(CCN(CC(=O)O)CC(=O)O)CCN(CC(=O)O)CC(=O)O. The van der Waals surface area contributed by atoms with Crippen molar-refractivity contribution in [3.63, 3.8) is 0 Å². The zero-order valence-electron chi connectivity index (χ0n) is 29.2. The number of amides is 2. The first-order chi connectivity index (χ1) is 24.8. The van der Waals surface area contributed by atoms with Crippen LogP contribution in [0.5, 0.6) is 0 Å². The van der Waals surface area contributed by atoms with E-state index in [2.05, 4.69) is 10.8 Å². The number of nitrogens with zero attached hydrogens (tertiary/aromatic N) is 3. The number of carbonyl (C=O) groups is 6. The van der Waals surface area contributed by atoms with Gasteiger partial charge < -0.3 is 31.5 Å². The van der Waals surface area contributed by atoms with E-state index < -0.39 is 62.0 Å². The maximum absolute atomic E-state index is 12.7. The van der Waals surface area contributed by atoms with Gasteiger partial charge in [-0.2, -0.15) is 0 Å². The van der Waals surface area contributed by atoms with Gasteiger partial charge in [-0.1, -0.05) is 67.4 Å². The Labute approximate surface area is 302 Å². The molecule has 17 nitrogen and oxygen atoms in total. The summed E-state index contributed by atoms with van der Waals surface area (Å²) in [5, 5.41) is 39.2. The lowest BCUT2D eigenvalue weighted by Gasteiger charge is -2.28. The molecule has 17 heteroatoms. The van der Waals surface area contributed by atoms with Crippen molar-refractivity contribution in [2.45, 2.75) is 38.1 Å². The normalized spacial score (nSPS) is 11.8. The highest BCUT2D eigenvalue weighted by Crippen LogP contribution is 2.19. The van der Waals surface area contributed by atoms with E-state index in [1.165, 1.54) is 9.80 Å². The molecule has 0 saturated carbocycles. The van der Waals surface area contributed by atoms with Crippen molar-refractivity contribution in [1.82, 2.24) is 25.5 Å². The van der Waals surface area contributed by atoms with Gasteiger partial charge in [-0.3, -0.25) is 48.3 Å². The predicted octanol–water partition coefficient (Wildman–Crippen LogP) is 0.192. The molecule has 0 bridgehead atoms. The number of nitrogens with two attached hydrogens (primary N) is 1. The molecular weight excluding hydrogens is 680 g/mol. The van der Waals surface area contributed by atoms with Crippen LogP contribution in [-0.2, 0) is 40.0 Å². The fourth-order valence-electron chi connectivity index (χ4n) is 5.18. The van der Waals surface area contributed by atoms with Gasteiger partial charge in [0, 0.05) is 32.7 Å². The standard InChI is InChI=1S/C35H50N6O11/c36-29(20-26-10-12-28(13-11-26)27-8-4-3-5-9-27)35(51)38-52-19-7-2-1-6-14-37-30(42)21-39(15-17-40(22-31(43)44)23-32(45)46)16-18-41(24-33(47)48)25-34(49)50/h3-5,8-13,29H,1-2,6-7,14-25,36H2,(H,37,42)(H,38,51)(H,43,44)(H,45,46)(H,47,48)(H,49,50)/t29-/m1/s1. The van der Waals surface area contributed by atoms with Gasteiger partial charge in [-0.15, -0.1) is 0 Å². The number of unbranched alkanes of at least 4 members (excludes halogenated alkanes) is 3. The smallest absolute Gasteiger partial charge is 0.317 e. The highest BCUT2D eigenvalue weighted by molar-refractivity contribution is 5.81. The molecule has 0 fully saturated rings. The van der Waals surface area contributed by atoms with Crippen LogP contribution in [0.4, 0.5) is 0 Å². The monoisotopic (exact) mass is 730 g/mol. The maximum Gasteiger partial charge on any atom is 0.317 e. The molecule has 52 heavy (non-hydrogen) atoms. The van der Waals surface area contributed by atoms with Crippen LogP contribution in [0.25, 0.3) is 11.1 Å². The summed E-state index contributed by atoms with van der Waals surface area (Å²) >= 11 is 0. The third-order valence-corrected chi connectivity index (χ3v) is 7.79. The summed E-state index contributed by atoms with van der Waals surface area (Å²) in [4.78, 5) is 79.0. The Kier molecular flexibility index (Phi) is 20.2. The lowest BCUT2D eigenvalue weighted by Crippen LogP contribution is -2.47. The van der Waals surface area contributed by atoms with Crippen molar-refractivity contribution in [2.75, 3.05) is 72.1 Å². The molecule has 0 saturated heterocycles. The van der Waals surface area contributed by atoms with Crippen molar-refractivity contribution in [3.8, 4) is 11.1 Å². The Morgan fingerprint density at radius 3 is 1.62 bits per heavy atom. The Morgan fingerprint density at radius 1 is 0.615 bits per heavy atom. The van der Waals surface area contributed by atoms with E-state index in [9.17, 15) is 28.8 Å². The van der Waals surface area contributed by atoms with Gasteiger partial charge in [-0.05, 0) is 36.0 Å². The molecule has 2 aromatic rings. The lowest BCUT2D eigenvalue weighted by molar-refractivity contribution is -0.143. The molecule has 0 spiro atoms. The van der Waals surface area contributed by atoms with Crippen molar-refractivity contribution < 1.29 is 54.0 Å². The highest BCUT2D eigenvalue weighted by Gasteiger charge is 2.20. The first-order valence-electron chi connectivity index (χ1n) is 16.9. The largest absolute Gasteiger partial charge is 0.480 e. The average molecular weight is 731 g/mol. The van der Waals surface area contributed by atoms with E-state index in [0.29, 0.717) is 25.8 Å². The van der Waals surface area contributed by atoms with Crippen LogP contribution in [-0.4, -0.2) is 149 Å². The lowest BCUT2D eigenvalue weighted by atomic mass is 10.0. The van der Waals surface area contributed by atoms with Gasteiger partial charge in [0.2, 0.25) is 5.91 Å². The molecule has 0 aromatic heterocycles. The van der Waals surface area contributed by atoms with Crippen molar-refractivity contribution in [2.24, 2.45) is 5.73 Å². The third-order valence-electron chi connectivity index (χ3n) is 7.79. The minimum Gasteiger partial charge on any atom is -0.480 e. The molecule has 286 valence electrons. The number of hydrogen-bond acceptors (Lipinski definition) is 11. The van der Waals surface area contributed by atoms with Crippen LogP contribution >= 0.6 is 0 Å². The Morgan fingerprint density at radius 2 is 1.10 bits per heavy atom. The molecule has 0 unspecified atom stereocenters. The average Bonchev–Trinajstić information content (AvgIpc) is 3.08. The number of carboxylic acid groups (broad SMARTS) is 4. The van der Waals surface area contributed by atoms with Crippen LogP contribution in [0.3, 0.4) is 0 Å². The summed E-state index contributed by atoms with van der Waals surface area (Å²) in [5.74, 6) is -5.68. The number of aliphatic carboxylic acids is 4. The number of carbonyl (C=O) groups excluding carboxylic acids is 2. The van der Waals surface area contributed by atoms with Gasteiger partial charge >= 0.3 is 23.9 Å². The van der Waals surface area contributed by atoms with E-state index in [1.54, 1.807) is 4.90 Å². The summed E-state index contributed by atoms with van der Waals surface area (Å²) in [5.41, 5.74) is 11.6. The quantitative estimate of drug-likeness (QED) is 0.0456. The number of carboxylic acids is 4. The summed E-state index contributed by atoms with van der Waals surface area (Å²) < 4.78 is 0. The molecule has 0 aliphatic carbocycles. The van der Waals surface area contributed by atoms with Gasteiger partial charge in [0.05, 0.1) is 45.4 Å². The molecule has 8 N–H and O–H groups in total. The molecule has 0 aliphatic rings. The summed E-state index contributed by atoms with van der Waals surface area (Å²) in [6.07, 6.45) is 3.20. The Hall–Kier alpha value is -4.94. The fourth-order valence-corrected chi connectivity index (χ4v) is 5.18. The van der Waals surface area contributed by atoms with E-state index in [4.69, 9.17) is 31.0 Å². The number of hydrogen-bond donors (Lipinski definition) is 7.